The highest BCUT2D eigenvalue weighted by molar-refractivity contribution is 7.10. The Balaban J connectivity index is 1.61. The number of nitrogens with zero attached hydrogens (tertiary/aromatic N) is 2. The van der Waals surface area contributed by atoms with E-state index in [9.17, 15) is 0 Å². The molecule has 2 aliphatic rings. The SMILES string of the molecule is CN(C[C@H]1CCCO1)C[C@@H](c1cccs1)N1CCOCC1. The molecule has 2 fully saturated rings. The molecular formula is C16H26N2O2S. The van der Waals surface area contributed by atoms with Gasteiger partial charge in [-0.1, -0.05) is 6.07 Å². The van der Waals surface area contributed by atoms with E-state index in [0.717, 1.165) is 46.0 Å². The Morgan fingerprint density at radius 2 is 2.24 bits per heavy atom. The average molecular weight is 310 g/mol. The summed E-state index contributed by atoms with van der Waals surface area (Å²) in [5.41, 5.74) is 0. The normalized spacial score (nSPS) is 25.5. The van der Waals surface area contributed by atoms with Crippen LogP contribution in [-0.4, -0.2) is 69.0 Å². The fourth-order valence-electron chi connectivity index (χ4n) is 3.26. The largest absolute Gasteiger partial charge is 0.379 e. The molecule has 0 N–H and O–H groups in total. The molecule has 3 heterocycles. The van der Waals surface area contributed by atoms with Crippen molar-refractivity contribution in [3.63, 3.8) is 0 Å². The van der Waals surface area contributed by atoms with E-state index in [1.165, 1.54) is 17.7 Å². The molecule has 4 nitrogen and oxygen atoms in total. The van der Waals surface area contributed by atoms with E-state index in [2.05, 4.69) is 34.4 Å². The summed E-state index contributed by atoms with van der Waals surface area (Å²) < 4.78 is 11.3. The van der Waals surface area contributed by atoms with Gasteiger partial charge in [-0.25, -0.2) is 0 Å². The number of hydrogen-bond donors (Lipinski definition) is 0. The van der Waals surface area contributed by atoms with Gasteiger partial charge < -0.3 is 14.4 Å². The molecule has 0 amide bonds. The second kappa shape index (κ2) is 7.70. The van der Waals surface area contributed by atoms with Crippen LogP contribution in [0.3, 0.4) is 0 Å². The van der Waals surface area contributed by atoms with Gasteiger partial charge in [-0.15, -0.1) is 11.3 Å². The van der Waals surface area contributed by atoms with Gasteiger partial charge in [0.05, 0.1) is 25.4 Å². The van der Waals surface area contributed by atoms with Gasteiger partial charge in [0.15, 0.2) is 0 Å². The fourth-order valence-corrected chi connectivity index (χ4v) is 4.11. The number of rotatable bonds is 6. The van der Waals surface area contributed by atoms with Crippen molar-refractivity contribution in [1.82, 2.24) is 9.80 Å². The van der Waals surface area contributed by atoms with Crippen LogP contribution in [0.25, 0.3) is 0 Å². The molecule has 0 aromatic carbocycles. The predicted octanol–water partition coefficient (Wildman–Crippen LogP) is 2.23. The van der Waals surface area contributed by atoms with Crippen molar-refractivity contribution in [2.24, 2.45) is 0 Å². The third kappa shape index (κ3) is 4.27. The van der Waals surface area contributed by atoms with E-state index in [1.807, 2.05) is 11.3 Å². The second-order valence-electron chi connectivity index (χ2n) is 6.04. The minimum Gasteiger partial charge on any atom is -0.379 e. The van der Waals surface area contributed by atoms with Gasteiger partial charge in [0, 0.05) is 37.7 Å². The van der Waals surface area contributed by atoms with Crippen molar-refractivity contribution in [3.05, 3.63) is 22.4 Å². The number of morpholine rings is 1. The first-order valence-electron chi connectivity index (χ1n) is 7.98. The van der Waals surface area contributed by atoms with Gasteiger partial charge in [-0.2, -0.15) is 0 Å². The highest BCUT2D eigenvalue weighted by Gasteiger charge is 2.26. The first kappa shape index (κ1) is 15.4. The number of thiophene rings is 1. The summed E-state index contributed by atoms with van der Waals surface area (Å²) in [6.07, 6.45) is 2.87. The average Bonchev–Trinajstić information content (AvgIpc) is 3.19. The molecule has 0 spiro atoms. The summed E-state index contributed by atoms with van der Waals surface area (Å²) in [7, 11) is 2.22. The molecule has 0 aliphatic carbocycles. The monoisotopic (exact) mass is 310 g/mol. The lowest BCUT2D eigenvalue weighted by Gasteiger charge is -2.36. The van der Waals surface area contributed by atoms with Crippen LogP contribution in [0.2, 0.25) is 0 Å². The summed E-state index contributed by atoms with van der Waals surface area (Å²) >= 11 is 1.87. The third-order valence-electron chi connectivity index (χ3n) is 4.38. The van der Waals surface area contributed by atoms with Crippen LogP contribution in [0.15, 0.2) is 17.5 Å². The van der Waals surface area contributed by atoms with Gasteiger partial charge in [-0.3, -0.25) is 4.90 Å². The summed E-state index contributed by atoms with van der Waals surface area (Å²) in [6, 6.07) is 4.92. The molecule has 3 rings (SSSR count). The van der Waals surface area contributed by atoms with Crippen LogP contribution in [0.5, 0.6) is 0 Å². The van der Waals surface area contributed by atoms with Crippen molar-refractivity contribution in [2.45, 2.75) is 25.0 Å². The Hall–Kier alpha value is -0.460. The first-order chi connectivity index (χ1) is 10.3. The van der Waals surface area contributed by atoms with Crippen LogP contribution in [0.1, 0.15) is 23.8 Å². The zero-order chi connectivity index (χ0) is 14.5. The molecule has 5 heteroatoms. The van der Waals surface area contributed by atoms with Gasteiger partial charge >= 0.3 is 0 Å². The van der Waals surface area contributed by atoms with Crippen LogP contribution in [0, 0.1) is 0 Å². The van der Waals surface area contributed by atoms with Crippen LogP contribution < -0.4 is 0 Å². The Bertz CT molecular complexity index is 400. The Labute approximate surface area is 131 Å². The minimum absolute atomic E-state index is 0.434. The van der Waals surface area contributed by atoms with E-state index in [4.69, 9.17) is 9.47 Å². The molecule has 0 unspecified atom stereocenters. The Morgan fingerprint density at radius 3 is 2.90 bits per heavy atom. The Morgan fingerprint density at radius 1 is 1.38 bits per heavy atom. The molecule has 2 atom stereocenters. The fraction of sp³-hybridized carbons (Fsp3) is 0.750. The van der Waals surface area contributed by atoms with E-state index in [0.29, 0.717) is 12.1 Å². The molecule has 21 heavy (non-hydrogen) atoms. The van der Waals surface area contributed by atoms with Gasteiger partial charge in [0.25, 0.3) is 0 Å². The maximum Gasteiger partial charge on any atom is 0.0702 e. The van der Waals surface area contributed by atoms with Crippen molar-refractivity contribution < 1.29 is 9.47 Å². The van der Waals surface area contributed by atoms with Gasteiger partial charge in [0.2, 0.25) is 0 Å². The molecule has 1 aromatic rings. The third-order valence-corrected chi connectivity index (χ3v) is 5.36. The molecule has 0 radical (unpaired) electrons. The zero-order valence-corrected chi connectivity index (χ0v) is 13.7. The van der Waals surface area contributed by atoms with E-state index in [-0.39, 0.29) is 0 Å². The lowest BCUT2D eigenvalue weighted by molar-refractivity contribution is 0.00561. The lowest BCUT2D eigenvalue weighted by Crippen LogP contribution is -2.44. The maximum absolute atomic E-state index is 5.77. The number of hydrogen-bond acceptors (Lipinski definition) is 5. The van der Waals surface area contributed by atoms with Crippen LogP contribution >= 0.6 is 11.3 Å². The summed E-state index contributed by atoms with van der Waals surface area (Å²) in [6.45, 7) is 6.85. The smallest absolute Gasteiger partial charge is 0.0702 e. The molecular weight excluding hydrogens is 284 g/mol. The summed E-state index contributed by atoms with van der Waals surface area (Å²) in [5, 5.41) is 2.18. The standard InChI is InChI=1S/C16H26N2O2S/c1-17(12-14-4-2-8-20-14)13-15(16-5-3-11-21-16)18-6-9-19-10-7-18/h3,5,11,14-15H,2,4,6-10,12-13H2,1H3/t14-,15+/m1/s1. The highest BCUT2D eigenvalue weighted by atomic mass is 32.1. The minimum atomic E-state index is 0.434. The number of likely N-dealkylation sites (N-methyl/N-ethyl adjacent to an activating group) is 1. The molecule has 118 valence electrons. The summed E-state index contributed by atoms with van der Waals surface area (Å²) in [5.74, 6) is 0. The Kier molecular flexibility index (Phi) is 5.66. The van der Waals surface area contributed by atoms with E-state index < -0.39 is 0 Å². The van der Waals surface area contributed by atoms with Crippen molar-refractivity contribution >= 4 is 11.3 Å². The molecule has 1 aromatic heterocycles. The molecule has 0 saturated carbocycles. The van der Waals surface area contributed by atoms with E-state index in [1.54, 1.807) is 0 Å². The quantitative estimate of drug-likeness (QED) is 0.804. The molecule has 2 saturated heterocycles. The van der Waals surface area contributed by atoms with Crippen LogP contribution in [-0.2, 0) is 9.47 Å². The molecule has 2 aliphatic heterocycles. The maximum atomic E-state index is 5.77. The number of ether oxygens (including phenoxy) is 2. The van der Waals surface area contributed by atoms with E-state index >= 15 is 0 Å². The first-order valence-corrected chi connectivity index (χ1v) is 8.86. The zero-order valence-electron chi connectivity index (χ0n) is 12.9. The van der Waals surface area contributed by atoms with Crippen molar-refractivity contribution in [3.8, 4) is 0 Å². The lowest BCUT2D eigenvalue weighted by atomic mass is 10.1. The van der Waals surface area contributed by atoms with Gasteiger partial charge in [-0.05, 0) is 31.3 Å². The van der Waals surface area contributed by atoms with Gasteiger partial charge in [0.1, 0.15) is 0 Å². The highest BCUT2D eigenvalue weighted by Crippen LogP contribution is 2.27. The topological polar surface area (TPSA) is 24.9 Å². The molecule has 0 bridgehead atoms. The van der Waals surface area contributed by atoms with Crippen molar-refractivity contribution in [1.29, 1.82) is 0 Å². The van der Waals surface area contributed by atoms with Crippen molar-refractivity contribution in [2.75, 3.05) is 53.0 Å². The predicted molar refractivity (Wildman–Crippen MR) is 85.9 cm³/mol. The van der Waals surface area contributed by atoms with Crippen LogP contribution in [0.4, 0.5) is 0 Å². The summed E-state index contributed by atoms with van der Waals surface area (Å²) in [4.78, 5) is 6.48. The second-order valence-corrected chi connectivity index (χ2v) is 7.02.